The molecule has 0 spiro atoms. The van der Waals surface area contributed by atoms with Crippen LogP contribution < -0.4 is 21.5 Å². The maximum atomic E-state index is 12.3. The highest BCUT2D eigenvalue weighted by Gasteiger charge is 2.25. The highest BCUT2D eigenvalue weighted by atomic mass is 32.2. The Morgan fingerprint density at radius 2 is 1.76 bits per heavy atom. The predicted molar refractivity (Wildman–Crippen MR) is 124 cm³/mol. The molecule has 1 aromatic carbocycles. The fourth-order valence-electron chi connectivity index (χ4n) is 2.49. The van der Waals surface area contributed by atoms with Gasteiger partial charge >= 0.3 is 12.1 Å². The number of benzene rings is 1. The van der Waals surface area contributed by atoms with Crippen LogP contribution in [-0.4, -0.2) is 51.6 Å². The van der Waals surface area contributed by atoms with Crippen molar-refractivity contribution in [1.29, 1.82) is 0 Å². The second kappa shape index (κ2) is 13.3. The third-order valence-corrected chi connectivity index (χ3v) is 4.72. The molecule has 0 aliphatic rings. The normalized spacial score (nSPS) is 11.6. The number of hydrazine groups is 1. The number of carbonyl (C=O) groups excluding carboxylic acids is 4. The zero-order chi connectivity index (χ0) is 25.0. The molecule has 182 valence electrons. The van der Waals surface area contributed by atoms with Crippen LogP contribution in [0.1, 0.15) is 46.1 Å². The lowest BCUT2D eigenvalue weighted by molar-refractivity contribution is -0.137. The van der Waals surface area contributed by atoms with Crippen molar-refractivity contribution in [3.8, 4) is 0 Å². The van der Waals surface area contributed by atoms with Gasteiger partial charge in [0.05, 0.1) is 5.75 Å². The highest BCUT2D eigenvalue weighted by molar-refractivity contribution is 8.14. The van der Waals surface area contributed by atoms with E-state index in [1.807, 2.05) is 19.1 Å². The maximum Gasteiger partial charge on any atom is 0.408 e. The Bertz CT molecular complexity index is 870. The van der Waals surface area contributed by atoms with E-state index >= 15 is 0 Å². The first-order valence-electron chi connectivity index (χ1n) is 10.2. The Morgan fingerprint density at radius 3 is 2.36 bits per heavy atom. The van der Waals surface area contributed by atoms with Crippen molar-refractivity contribution in [2.45, 2.75) is 58.6 Å². The van der Waals surface area contributed by atoms with Gasteiger partial charge in [-0.15, -0.1) is 0 Å². The van der Waals surface area contributed by atoms with Crippen LogP contribution >= 0.6 is 11.8 Å². The number of carboxylic acids is 1. The number of hydrogen-bond acceptors (Lipinski definition) is 7. The van der Waals surface area contributed by atoms with Crippen LogP contribution in [-0.2, 0) is 25.5 Å². The number of ether oxygens (including phenoxy) is 1. The Hall–Kier alpha value is -3.28. The molecule has 0 fully saturated rings. The van der Waals surface area contributed by atoms with Crippen LogP contribution in [0.3, 0.4) is 0 Å². The van der Waals surface area contributed by atoms with Crippen molar-refractivity contribution in [2.75, 3.05) is 11.1 Å². The summed E-state index contributed by atoms with van der Waals surface area (Å²) in [4.78, 5) is 59.2. The predicted octanol–water partition coefficient (Wildman–Crippen LogP) is 2.42. The molecule has 0 saturated heterocycles. The second-order valence-corrected chi connectivity index (χ2v) is 8.83. The van der Waals surface area contributed by atoms with Crippen LogP contribution in [0.25, 0.3) is 0 Å². The van der Waals surface area contributed by atoms with E-state index in [4.69, 9.17) is 9.84 Å². The van der Waals surface area contributed by atoms with Crippen molar-refractivity contribution in [3.05, 3.63) is 29.8 Å². The molecule has 1 rings (SSSR count). The smallest absolute Gasteiger partial charge is 0.408 e. The number of alkyl carbamates (subject to hydrolysis) is 1. The Kier molecular flexibility index (Phi) is 11.2. The number of rotatable bonds is 9. The van der Waals surface area contributed by atoms with Gasteiger partial charge in [-0.2, -0.15) is 0 Å². The molecule has 0 aliphatic carbocycles. The number of nitrogens with one attached hydrogen (secondary N) is 4. The van der Waals surface area contributed by atoms with Gasteiger partial charge in [0.15, 0.2) is 0 Å². The lowest BCUT2D eigenvalue weighted by Gasteiger charge is -2.23. The topological polar surface area (TPSA) is 163 Å². The molecule has 1 atom stereocenters. The summed E-state index contributed by atoms with van der Waals surface area (Å²) in [5, 5.41) is 13.2. The zero-order valence-corrected chi connectivity index (χ0v) is 19.8. The molecule has 0 unspecified atom stereocenters. The summed E-state index contributed by atoms with van der Waals surface area (Å²) in [6, 6.07) is 6.04. The zero-order valence-electron chi connectivity index (χ0n) is 19.0. The standard InChI is InChI=1S/C21H30N4O7S/c1-5-13-8-6-7-9-14(13)22-16(26)12-33-20(31)25-24-18(29)15(10-11-17(27)28)23-19(30)32-21(2,3)4/h6-9,15H,5,10-12H2,1-4H3,(H,22,26)(H,23,30)(H,24,29)(H,25,31)(H,27,28)/t15-/m1/s1. The van der Waals surface area contributed by atoms with E-state index in [1.165, 1.54) is 0 Å². The number of anilines is 1. The molecular formula is C21H30N4O7S. The summed E-state index contributed by atoms with van der Waals surface area (Å²) < 4.78 is 5.07. The minimum absolute atomic E-state index is 0.196. The van der Waals surface area contributed by atoms with Gasteiger partial charge in [-0.3, -0.25) is 30.0 Å². The van der Waals surface area contributed by atoms with Gasteiger partial charge < -0.3 is 20.5 Å². The molecule has 12 heteroatoms. The fourth-order valence-corrected chi connectivity index (χ4v) is 2.95. The molecule has 5 N–H and O–H groups in total. The van der Waals surface area contributed by atoms with E-state index in [0.717, 1.165) is 12.0 Å². The van der Waals surface area contributed by atoms with Crippen molar-refractivity contribution >= 4 is 46.6 Å². The van der Waals surface area contributed by atoms with Gasteiger partial charge in [0.2, 0.25) is 5.91 Å². The molecule has 0 heterocycles. The van der Waals surface area contributed by atoms with Gasteiger partial charge in [0.25, 0.3) is 11.1 Å². The minimum Gasteiger partial charge on any atom is -0.481 e. The van der Waals surface area contributed by atoms with E-state index in [0.29, 0.717) is 17.4 Å². The molecule has 0 aromatic heterocycles. The molecule has 0 radical (unpaired) electrons. The quantitative estimate of drug-likeness (QED) is 0.335. The Morgan fingerprint density at radius 1 is 1.09 bits per heavy atom. The third-order valence-electron chi connectivity index (χ3n) is 3.95. The summed E-state index contributed by atoms with van der Waals surface area (Å²) in [5.74, 6) is -2.59. The maximum absolute atomic E-state index is 12.3. The van der Waals surface area contributed by atoms with Crippen molar-refractivity contribution < 1.29 is 33.8 Å². The molecule has 0 bridgehead atoms. The molecule has 4 amide bonds. The second-order valence-electron chi connectivity index (χ2n) is 7.88. The van der Waals surface area contributed by atoms with Crippen molar-refractivity contribution in [1.82, 2.24) is 16.2 Å². The fraction of sp³-hybridized carbons (Fsp3) is 0.476. The van der Waals surface area contributed by atoms with Crippen molar-refractivity contribution in [2.24, 2.45) is 0 Å². The molecule has 33 heavy (non-hydrogen) atoms. The number of hydrogen-bond donors (Lipinski definition) is 5. The van der Waals surface area contributed by atoms with Crippen LogP contribution in [0.15, 0.2) is 24.3 Å². The van der Waals surface area contributed by atoms with Crippen LogP contribution in [0.4, 0.5) is 15.3 Å². The molecular weight excluding hydrogens is 452 g/mol. The van der Waals surface area contributed by atoms with Crippen LogP contribution in [0, 0.1) is 0 Å². The number of carboxylic acid groups (broad SMARTS) is 1. The van der Waals surface area contributed by atoms with Crippen molar-refractivity contribution in [3.63, 3.8) is 0 Å². The number of amides is 4. The largest absolute Gasteiger partial charge is 0.481 e. The lowest BCUT2D eigenvalue weighted by atomic mass is 10.1. The van der Waals surface area contributed by atoms with E-state index < -0.39 is 47.2 Å². The van der Waals surface area contributed by atoms with Gasteiger partial charge in [-0.1, -0.05) is 36.9 Å². The van der Waals surface area contributed by atoms with E-state index in [9.17, 15) is 24.0 Å². The van der Waals surface area contributed by atoms with Gasteiger partial charge in [-0.05, 0) is 45.2 Å². The van der Waals surface area contributed by atoms with Crippen LogP contribution in [0.2, 0.25) is 0 Å². The van der Waals surface area contributed by atoms with Gasteiger partial charge in [-0.25, -0.2) is 4.79 Å². The van der Waals surface area contributed by atoms with E-state index in [1.54, 1.807) is 32.9 Å². The monoisotopic (exact) mass is 482 g/mol. The first-order valence-corrected chi connectivity index (χ1v) is 11.2. The number of thioether (sulfide) groups is 1. The van der Waals surface area contributed by atoms with Crippen LogP contribution in [0.5, 0.6) is 0 Å². The Balaban J connectivity index is 2.54. The number of aliphatic carboxylic acids is 1. The first-order chi connectivity index (χ1) is 15.4. The highest BCUT2D eigenvalue weighted by Crippen LogP contribution is 2.16. The third kappa shape index (κ3) is 11.8. The number of para-hydroxylation sites is 1. The molecule has 1 aromatic rings. The SMILES string of the molecule is CCc1ccccc1NC(=O)CSC(=O)NNC(=O)[C@@H](CCC(=O)O)NC(=O)OC(C)(C)C. The average molecular weight is 483 g/mol. The lowest BCUT2D eigenvalue weighted by Crippen LogP contribution is -2.52. The summed E-state index contributed by atoms with van der Waals surface area (Å²) >= 11 is 0.628. The summed E-state index contributed by atoms with van der Waals surface area (Å²) in [6.07, 6.45) is -0.785. The molecule has 0 saturated carbocycles. The average Bonchev–Trinajstić information content (AvgIpc) is 2.72. The minimum atomic E-state index is -1.25. The molecule has 0 aliphatic heterocycles. The first kappa shape index (κ1) is 27.8. The molecule has 11 nitrogen and oxygen atoms in total. The summed E-state index contributed by atoms with van der Waals surface area (Å²) in [7, 11) is 0. The van der Waals surface area contributed by atoms with E-state index in [2.05, 4.69) is 21.5 Å². The van der Waals surface area contributed by atoms with E-state index in [-0.39, 0.29) is 12.2 Å². The number of carbonyl (C=O) groups is 5. The van der Waals surface area contributed by atoms with Gasteiger partial charge in [0, 0.05) is 12.1 Å². The van der Waals surface area contributed by atoms with Gasteiger partial charge in [0.1, 0.15) is 11.6 Å². The summed E-state index contributed by atoms with van der Waals surface area (Å²) in [6.45, 7) is 6.85. The Labute approximate surface area is 196 Å². The number of aryl methyl sites for hydroxylation is 1. The summed E-state index contributed by atoms with van der Waals surface area (Å²) in [5.41, 5.74) is 5.03.